The minimum absolute atomic E-state index is 0.264. The molecule has 128 valence electrons. The molecular formula is C17H19F2N3O2. The normalized spacial score (nSPS) is 34.2. The lowest BCUT2D eigenvalue weighted by atomic mass is 9.87. The van der Waals surface area contributed by atoms with Crippen LogP contribution in [0.5, 0.6) is 0 Å². The van der Waals surface area contributed by atoms with Gasteiger partial charge in [-0.1, -0.05) is 12.1 Å². The molecule has 3 atom stereocenters. The summed E-state index contributed by atoms with van der Waals surface area (Å²) >= 11 is 0. The van der Waals surface area contributed by atoms with Crippen LogP contribution in [0.4, 0.5) is 14.5 Å². The minimum atomic E-state index is -2.66. The zero-order chi connectivity index (χ0) is 16.9. The van der Waals surface area contributed by atoms with Crippen LogP contribution in [0.15, 0.2) is 24.3 Å². The van der Waals surface area contributed by atoms with Gasteiger partial charge >= 0.3 is 0 Å². The topological polar surface area (TPSA) is 70.2 Å². The van der Waals surface area contributed by atoms with E-state index >= 15 is 0 Å². The molecule has 4 rings (SSSR count). The Bertz CT molecular complexity index is 692. The number of nitrogens with one attached hydrogen (secondary N) is 3. The highest BCUT2D eigenvalue weighted by molar-refractivity contribution is 6.01. The van der Waals surface area contributed by atoms with Crippen molar-refractivity contribution in [1.29, 1.82) is 0 Å². The lowest BCUT2D eigenvalue weighted by Crippen LogP contribution is -2.47. The lowest BCUT2D eigenvalue weighted by molar-refractivity contribution is -0.133. The highest BCUT2D eigenvalue weighted by Gasteiger charge is 2.80. The first-order valence-electron chi connectivity index (χ1n) is 8.24. The fraction of sp³-hybridized carbons (Fsp3) is 0.529. The molecule has 1 aromatic carbocycles. The zero-order valence-corrected chi connectivity index (χ0v) is 13.1. The molecule has 2 saturated heterocycles. The van der Waals surface area contributed by atoms with Gasteiger partial charge in [-0.2, -0.15) is 0 Å². The van der Waals surface area contributed by atoms with Gasteiger partial charge < -0.3 is 10.6 Å². The third-order valence-corrected chi connectivity index (χ3v) is 5.57. The number of hydrogen-bond donors (Lipinski definition) is 3. The SMILES string of the molecule is O=C1CC[C@@H](Nc2ccc([C@]34CCNCC3C4(F)F)cc2)C(=O)N1. The van der Waals surface area contributed by atoms with E-state index in [2.05, 4.69) is 16.0 Å². The largest absolute Gasteiger partial charge is 0.374 e. The molecule has 0 spiro atoms. The van der Waals surface area contributed by atoms with Gasteiger partial charge in [0.2, 0.25) is 11.8 Å². The second-order valence-electron chi connectivity index (χ2n) is 6.83. The molecule has 2 heterocycles. The number of alkyl halides is 2. The van der Waals surface area contributed by atoms with Crippen molar-refractivity contribution in [3.63, 3.8) is 0 Å². The molecule has 3 aliphatic rings. The van der Waals surface area contributed by atoms with E-state index in [1.165, 1.54) is 0 Å². The Morgan fingerprint density at radius 2 is 1.92 bits per heavy atom. The Morgan fingerprint density at radius 3 is 2.58 bits per heavy atom. The number of anilines is 1. The van der Waals surface area contributed by atoms with Crippen LogP contribution in [-0.4, -0.2) is 36.9 Å². The number of hydrogen-bond acceptors (Lipinski definition) is 4. The number of carbonyl (C=O) groups excluding carboxylic acids is 2. The molecule has 5 nitrogen and oxygen atoms in total. The van der Waals surface area contributed by atoms with Gasteiger partial charge in [0.25, 0.3) is 5.92 Å². The van der Waals surface area contributed by atoms with E-state index in [-0.39, 0.29) is 11.8 Å². The quantitative estimate of drug-likeness (QED) is 0.731. The summed E-state index contributed by atoms with van der Waals surface area (Å²) in [5.74, 6) is -3.90. The standard InChI is InChI=1S/C17H19F2N3O2/c18-17(19)13-9-20-8-7-16(13,17)10-1-3-11(4-2-10)21-12-5-6-14(23)22-15(12)24/h1-4,12-13,20-21H,5-9H2,(H,22,23,24)/t12-,13?,16-/m1/s1. The van der Waals surface area contributed by atoms with Gasteiger partial charge in [-0.05, 0) is 37.1 Å². The van der Waals surface area contributed by atoms with E-state index in [0.717, 1.165) is 0 Å². The van der Waals surface area contributed by atoms with Crippen LogP contribution in [0.25, 0.3) is 0 Å². The second kappa shape index (κ2) is 5.24. The van der Waals surface area contributed by atoms with Crippen molar-refractivity contribution in [3.05, 3.63) is 29.8 Å². The molecular weight excluding hydrogens is 316 g/mol. The maximum Gasteiger partial charge on any atom is 0.263 e. The predicted molar refractivity (Wildman–Crippen MR) is 83.8 cm³/mol. The summed E-state index contributed by atoms with van der Waals surface area (Å²) in [6, 6.07) is 6.46. The second-order valence-corrected chi connectivity index (χ2v) is 6.83. The summed E-state index contributed by atoms with van der Waals surface area (Å²) in [4.78, 5) is 22.9. The summed E-state index contributed by atoms with van der Waals surface area (Å²) in [6.07, 6.45) is 1.16. The Hall–Kier alpha value is -2.02. The first-order valence-corrected chi connectivity index (χ1v) is 8.24. The lowest BCUT2D eigenvalue weighted by Gasteiger charge is -2.24. The first kappa shape index (κ1) is 15.5. The van der Waals surface area contributed by atoms with Crippen molar-refractivity contribution in [2.24, 2.45) is 5.92 Å². The fourth-order valence-electron chi connectivity index (χ4n) is 4.14. The van der Waals surface area contributed by atoms with Crippen molar-refractivity contribution in [3.8, 4) is 0 Å². The molecule has 0 radical (unpaired) electrons. The molecule has 0 aromatic heterocycles. The highest BCUT2D eigenvalue weighted by atomic mass is 19.3. The summed E-state index contributed by atoms with van der Waals surface area (Å²) in [6.45, 7) is 0.950. The average molecular weight is 335 g/mol. The van der Waals surface area contributed by atoms with Crippen LogP contribution in [0.2, 0.25) is 0 Å². The van der Waals surface area contributed by atoms with Crippen molar-refractivity contribution >= 4 is 17.5 Å². The molecule has 1 aromatic rings. The molecule has 24 heavy (non-hydrogen) atoms. The van der Waals surface area contributed by atoms with Crippen LogP contribution >= 0.6 is 0 Å². The Balaban J connectivity index is 1.50. The first-order chi connectivity index (χ1) is 11.4. The number of imide groups is 1. The fourth-order valence-corrected chi connectivity index (χ4v) is 4.14. The molecule has 7 heteroatoms. The number of benzene rings is 1. The van der Waals surface area contributed by atoms with Crippen LogP contribution < -0.4 is 16.0 Å². The highest BCUT2D eigenvalue weighted by Crippen LogP contribution is 2.69. The van der Waals surface area contributed by atoms with Crippen molar-refractivity contribution in [2.75, 3.05) is 18.4 Å². The van der Waals surface area contributed by atoms with E-state index in [1.54, 1.807) is 24.3 Å². The van der Waals surface area contributed by atoms with Gasteiger partial charge in [0.1, 0.15) is 6.04 Å². The Labute approximate surface area is 138 Å². The molecule has 1 unspecified atom stereocenters. The molecule has 2 amide bonds. The van der Waals surface area contributed by atoms with Crippen molar-refractivity contribution < 1.29 is 18.4 Å². The third kappa shape index (κ3) is 2.14. The van der Waals surface area contributed by atoms with Gasteiger partial charge in [-0.15, -0.1) is 0 Å². The molecule has 1 aliphatic carbocycles. The Morgan fingerprint density at radius 1 is 1.17 bits per heavy atom. The molecule has 3 fully saturated rings. The van der Waals surface area contributed by atoms with Gasteiger partial charge in [0.05, 0.1) is 11.3 Å². The minimum Gasteiger partial charge on any atom is -0.374 e. The summed E-state index contributed by atoms with van der Waals surface area (Å²) < 4.78 is 28.5. The van der Waals surface area contributed by atoms with E-state index in [1.807, 2.05) is 0 Å². The number of fused-ring (bicyclic) bond motifs is 1. The van der Waals surface area contributed by atoms with Crippen LogP contribution in [0, 0.1) is 5.92 Å². The van der Waals surface area contributed by atoms with Crippen molar-refractivity contribution in [1.82, 2.24) is 10.6 Å². The Kier molecular flexibility index (Phi) is 3.38. The molecule has 3 N–H and O–H groups in total. The number of carbonyl (C=O) groups is 2. The monoisotopic (exact) mass is 335 g/mol. The van der Waals surface area contributed by atoms with Gasteiger partial charge in [0.15, 0.2) is 0 Å². The van der Waals surface area contributed by atoms with Crippen LogP contribution in [0.1, 0.15) is 24.8 Å². The molecule has 1 saturated carbocycles. The number of halogens is 2. The number of piperidine rings is 2. The summed E-state index contributed by atoms with van der Waals surface area (Å²) in [7, 11) is 0. The van der Waals surface area contributed by atoms with E-state index in [9.17, 15) is 18.4 Å². The maximum absolute atomic E-state index is 14.3. The van der Waals surface area contributed by atoms with E-state index < -0.39 is 23.3 Å². The van der Waals surface area contributed by atoms with Gasteiger partial charge in [-0.3, -0.25) is 14.9 Å². The maximum atomic E-state index is 14.3. The third-order valence-electron chi connectivity index (χ3n) is 5.57. The van der Waals surface area contributed by atoms with Crippen LogP contribution in [0.3, 0.4) is 0 Å². The zero-order valence-electron chi connectivity index (χ0n) is 13.1. The molecule has 2 aliphatic heterocycles. The van der Waals surface area contributed by atoms with Gasteiger partial charge in [-0.25, -0.2) is 8.78 Å². The summed E-state index contributed by atoms with van der Waals surface area (Å²) in [5.41, 5.74) is 0.317. The smallest absolute Gasteiger partial charge is 0.263 e. The van der Waals surface area contributed by atoms with Gasteiger partial charge in [0, 0.05) is 18.7 Å². The predicted octanol–water partition coefficient (Wildman–Crippen LogP) is 1.40. The molecule has 0 bridgehead atoms. The number of amides is 2. The van der Waals surface area contributed by atoms with Crippen LogP contribution in [-0.2, 0) is 15.0 Å². The summed E-state index contributed by atoms with van der Waals surface area (Å²) in [5, 5.41) is 8.39. The number of rotatable bonds is 3. The van der Waals surface area contributed by atoms with E-state index in [4.69, 9.17) is 0 Å². The van der Waals surface area contributed by atoms with Crippen molar-refractivity contribution in [2.45, 2.75) is 36.6 Å². The van der Waals surface area contributed by atoms with E-state index in [0.29, 0.717) is 43.6 Å². The average Bonchev–Trinajstić information content (AvgIpc) is 3.09.